The van der Waals surface area contributed by atoms with Gasteiger partial charge in [-0.05, 0) is 22.9 Å². The van der Waals surface area contributed by atoms with Gasteiger partial charge in [0.25, 0.3) is 5.69 Å². The fourth-order valence-corrected chi connectivity index (χ4v) is 1.66. The molecule has 0 atom stereocenters. The third kappa shape index (κ3) is 2.41. The van der Waals surface area contributed by atoms with E-state index >= 15 is 0 Å². The fourth-order valence-electron chi connectivity index (χ4n) is 1.22. The van der Waals surface area contributed by atoms with Crippen LogP contribution in [0, 0.1) is 17.0 Å². The molecule has 0 aliphatic heterocycles. The second-order valence-corrected chi connectivity index (χ2v) is 4.17. The van der Waals surface area contributed by atoms with Crippen molar-refractivity contribution in [2.75, 3.05) is 5.32 Å². The molecule has 0 saturated heterocycles. The number of nitrogens with zero attached hydrogens (tertiary/aromatic N) is 3. The van der Waals surface area contributed by atoms with Gasteiger partial charge in [0.05, 0.1) is 27.0 Å². The third-order valence-corrected chi connectivity index (χ3v) is 2.73. The molecule has 2 heterocycles. The Morgan fingerprint density at radius 3 is 2.82 bits per heavy atom. The first kappa shape index (κ1) is 11.5. The van der Waals surface area contributed by atoms with Crippen LogP contribution in [0.25, 0.3) is 0 Å². The predicted octanol–water partition coefficient (Wildman–Crippen LogP) is 2.53. The van der Waals surface area contributed by atoms with Crippen LogP contribution < -0.4 is 5.32 Å². The van der Waals surface area contributed by atoms with E-state index in [1.165, 1.54) is 12.3 Å². The van der Waals surface area contributed by atoms with E-state index in [0.717, 1.165) is 11.4 Å². The average molecular weight is 298 g/mol. The lowest BCUT2D eigenvalue weighted by atomic mass is 10.3. The first-order valence-corrected chi connectivity index (χ1v) is 5.44. The SMILES string of the molecule is Cc1[nH]ncc1Nc1ncc([N+](=O)[O-])cc1Br. The molecule has 0 saturated carbocycles. The zero-order valence-electron chi connectivity index (χ0n) is 8.77. The van der Waals surface area contributed by atoms with Crippen molar-refractivity contribution in [1.29, 1.82) is 0 Å². The molecule has 0 amide bonds. The van der Waals surface area contributed by atoms with Gasteiger partial charge in [-0.3, -0.25) is 15.2 Å². The smallest absolute Gasteiger partial charge is 0.288 e. The van der Waals surface area contributed by atoms with Crippen molar-refractivity contribution in [1.82, 2.24) is 15.2 Å². The van der Waals surface area contributed by atoms with Gasteiger partial charge in [0, 0.05) is 6.07 Å². The van der Waals surface area contributed by atoms with E-state index < -0.39 is 4.92 Å². The van der Waals surface area contributed by atoms with Crippen LogP contribution in [0.15, 0.2) is 22.9 Å². The maximum absolute atomic E-state index is 10.5. The Hall–Kier alpha value is -1.96. The lowest BCUT2D eigenvalue weighted by Crippen LogP contribution is -1.97. The number of H-pyrrole nitrogens is 1. The van der Waals surface area contributed by atoms with E-state index in [0.29, 0.717) is 10.3 Å². The number of anilines is 2. The zero-order chi connectivity index (χ0) is 12.4. The number of hydrogen-bond donors (Lipinski definition) is 2. The molecule has 2 N–H and O–H groups in total. The molecule has 2 aromatic heterocycles. The number of nitrogens with one attached hydrogen (secondary N) is 2. The van der Waals surface area contributed by atoms with E-state index in [1.54, 1.807) is 6.20 Å². The number of rotatable bonds is 3. The normalized spacial score (nSPS) is 10.2. The van der Waals surface area contributed by atoms with Crippen molar-refractivity contribution in [3.05, 3.63) is 38.7 Å². The summed E-state index contributed by atoms with van der Waals surface area (Å²) in [7, 11) is 0. The Kier molecular flexibility index (Phi) is 3.05. The molecule has 0 bridgehead atoms. The highest BCUT2D eigenvalue weighted by Gasteiger charge is 2.11. The molecule has 0 aromatic carbocycles. The zero-order valence-corrected chi connectivity index (χ0v) is 10.4. The van der Waals surface area contributed by atoms with Gasteiger partial charge in [-0.15, -0.1) is 0 Å². The van der Waals surface area contributed by atoms with Crippen LogP contribution in [-0.2, 0) is 0 Å². The quantitative estimate of drug-likeness (QED) is 0.670. The summed E-state index contributed by atoms with van der Waals surface area (Å²) in [5.74, 6) is 0.500. The van der Waals surface area contributed by atoms with Crippen LogP contribution in [0.3, 0.4) is 0 Å². The van der Waals surface area contributed by atoms with Crippen LogP contribution in [0.2, 0.25) is 0 Å². The molecule has 8 heteroatoms. The van der Waals surface area contributed by atoms with Gasteiger partial charge in [-0.1, -0.05) is 0 Å². The van der Waals surface area contributed by atoms with E-state index in [-0.39, 0.29) is 5.69 Å². The van der Waals surface area contributed by atoms with Gasteiger partial charge in [-0.25, -0.2) is 4.98 Å². The Morgan fingerprint density at radius 1 is 1.53 bits per heavy atom. The molecule has 0 radical (unpaired) electrons. The molecule has 0 fully saturated rings. The summed E-state index contributed by atoms with van der Waals surface area (Å²) in [4.78, 5) is 14.0. The minimum absolute atomic E-state index is 0.0636. The summed E-state index contributed by atoms with van der Waals surface area (Å²) >= 11 is 3.23. The van der Waals surface area contributed by atoms with Gasteiger partial charge < -0.3 is 5.32 Å². The van der Waals surface area contributed by atoms with E-state index in [4.69, 9.17) is 0 Å². The molecular weight excluding hydrogens is 290 g/mol. The molecule has 0 unspecified atom stereocenters. The van der Waals surface area contributed by atoms with Gasteiger partial charge in [0.2, 0.25) is 0 Å². The first-order chi connectivity index (χ1) is 8.08. The van der Waals surface area contributed by atoms with E-state index in [9.17, 15) is 10.1 Å². The van der Waals surface area contributed by atoms with E-state index in [1.807, 2.05) is 6.92 Å². The lowest BCUT2D eigenvalue weighted by Gasteiger charge is -2.05. The van der Waals surface area contributed by atoms with Gasteiger partial charge in [0.15, 0.2) is 0 Å². The molecule has 2 aromatic rings. The first-order valence-electron chi connectivity index (χ1n) is 4.65. The second-order valence-electron chi connectivity index (χ2n) is 3.31. The maximum atomic E-state index is 10.5. The average Bonchev–Trinajstić information content (AvgIpc) is 2.67. The minimum Gasteiger partial charge on any atom is -0.337 e. The number of hydrogen-bond acceptors (Lipinski definition) is 5. The summed E-state index contributed by atoms with van der Waals surface area (Å²) in [6.07, 6.45) is 2.81. The van der Waals surface area contributed by atoms with Crippen molar-refractivity contribution in [2.24, 2.45) is 0 Å². The standard InChI is InChI=1S/C9H8BrN5O2/c1-5-8(4-12-14-5)13-9-7(10)2-6(3-11-9)15(16)17/h2-4H,1H3,(H,11,13)(H,12,14). The van der Waals surface area contributed by atoms with Crippen molar-refractivity contribution in [2.45, 2.75) is 6.92 Å². The van der Waals surface area contributed by atoms with Crippen LogP contribution >= 0.6 is 15.9 Å². The summed E-state index contributed by atoms with van der Waals surface area (Å²) in [5.41, 5.74) is 1.57. The van der Waals surface area contributed by atoms with E-state index in [2.05, 4.69) is 36.4 Å². The van der Waals surface area contributed by atoms with Gasteiger partial charge in [0.1, 0.15) is 12.0 Å². The van der Waals surface area contributed by atoms with Crippen LogP contribution in [-0.4, -0.2) is 20.1 Å². The summed E-state index contributed by atoms with van der Waals surface area (Å²) < 4.78 is 0.521. The van der Waals surface area contributed by atoms with Crippen molar-refractivity contribution in [3.63, 3.8) is 0 Å². The minimum atomic E-state index is -0.495. The maximum Gasteiger partial charge on any atom is 0.288 e. The molecular formula is C9H8BrN5O2. The summed E-state index contributed by atoms with van der Waals surface area (Å²) in [6.45, 7) is 1.86. The number of aryl methyl sites for hydroxylation is 1. The van der Waals surface area contributed by atoms with Crippen molar-refractivity contribution in [3.8, 4) is 0 Å². The Morgan fingerprint density at radius 2 is 2.29 bits per heavy atom. The topological polar surface area (TPSA) is 96.7 Å². The molecule has 0 aliphatic rings. The van der Waals surface area contributed by atoms with Crippen molar-refractivity contribution < 1.29 is 4.92 Å². The number of aromatic nitrogens is 3. The number of halogens is 1. The Bertz CT molecular complexity index is 568. The van der Waals surface area contributed by atoms with Crippen LogP contribution in [0.1, 0.15) is 5.69 Å². The molecule has 2 rings (SSSR count). The summed E-state index contributed by atoms with van der Waals surface area (Å²) in [5, 5.41) is 20.2. The highest BCUT2D eigenvalue weighted by atomic mass is 79.9. The second kappa shape index (κ2) is 4.50. The van der Waals surface area contributed by atoms with Crippen molar-refractivity contribution >= 4 is 33.1 Å². The summed E-state index contributed by atoms with van der Waals surface area (Å²) in [6, 6.07) is 1.39. The fraction of sp³-hybridized carbons (Fsp3) is 0.111. The van der Waals surface area contributed by atoms with Gasteiger partial charge in [-0.2, -0.15) is 5.10 Å². The monoisotopic (exact) mass is 297 g/mol. The number of aromatic amines is 1. The molecule has 17 heavy (non-hydrogen) atoms. The van der Waals surface area contributed by atoms with Gasteiger partial charge >= 0.3 is 0 Å². The highest BCUT2D eigenvalue weighted by Crippen LogP contribution is 2.27. The third-order valence-electron chi connectivity index (χ3n) is 2.12. The van der Waals surface area contributed by atoms with Crippen LogP contribution in [0.5, 0.6) is 0 Å². The molecule has 7 nitrogen and oxygen atoms in total. The molecule has 0 aliphatic carbocycles. The number of pyridine rings is 1. The Labute approximate surface area is 105 Å². The predicted molar refractivity (Wildman–Crippen MR) is 65.2 cm³/mol. The highest BCUT2D eigenvalue weighted by molar-refractivity contribution is 9.10. The lowest BCUT2D eigenvalue weighted by molar-refractivity contribution is -0.385. The molecule has 88 valence electrons. The molecule has 0 spiro atoms. The number of nitro groups is 1. The van der Waals surface area contributed by atoms with Crippen LogP contribution in [0.4, 0.5) is 17.2 Å². The largest absolute Gasteiger partial charge is 0.337 e. The Balaban J connectivity index is 2.29.